The van der Waals surface area contributed by atoms with E-state index in [0.717, 1.165) is 82.1 Å². The quantitative estimate of drug-likeness (QED) is 0.373. The fourth-order valence-corrected chi connectivity index (χ4v) is 6.28. The van der Waals surface area contributed by atoms with Crippen LogP contribution in [0, 0.1) is 4.91 Å². The number of nitrogens with zero attached hydrogens (tertiary/aromatic N) is 6. The van der Waals surface area contributed by atoms with E-state index in [1.807, 2.05) is 18.2 Å². The van der Waals surface area contributed by atoms with E-state index in [1.165, 1.54) is 0 Å². The van der Waals surface area contributed by atoms with Gasteiger partial charge in [-0.2, -0.15) is 4.91 Å². The molecular formula is C28H40ClN9O3. The fourth-order valence-electron chi connectivity index (χ4n) is 6.10. The van der Waals surface area contributed by atoms with Crippen molar-refractivity contribution < 1.29 is 9.53 Å². The molecule has 3 fully saturated rings. The van der Waals surface area contributed by atoms with Crippen LogP contribution in [0.2, 0.25) is 5.15 Å². The van der Waals surface area contributed by atoms with E-state index in [4.69, 9.17) is 22.1 Å². The van der Waals surface area contributed by atoms with Crippen molar-refractivity contribution in [3.63, 3.8) is 0 Å². The Balaban J connectivity index is 1.31. The lowest BCUT2D eigenvalue weighted by Crippen LogP contribution is -2.52. The van der Waals surface area contributed by atoms with Gasteiger partial charge in [0.05, 0.1) is 18.8 Å². The molecule has 0 radical (unpaired) electrons. The standard InChI is InChI=1S/C28H40ClN9O3/c1-36-13-15-37(16-14-36)21-9-11-38(12-10-21)22-17-20(7-8-23(22)41-2)32-27-24(26(30)39)33-25(29)28(34-27)31-18-3-5-19(35-40)6-4-18/h7-8,17-19,21H,3-6,9-16H2,1-2H3,(H2,30,39)(H2,31,32,34). The molecule has 1 saturated carbocycles. The number of piperazine rings is 1. The number of aromatic nitrogens is 2. The van der Waals surface area contributed by atoms with Crippen molar-refractivity contribution >= 4 is 40.5 Å². The number of nitrogens with two attached hydrogens (primary N) is 1. The predicted molar refractivity (Wildman–Crippen MR) is 162 cm³/mol. The van der Waals surface area contributed by atoms with Crippen LogP contribution in [0.4, 0.5) is 23.0 Å². The summed E-state index contributed by atoms with van der Waals surface area (Å²) in [6, 6.07) is 6.33. The maximum absolute atomic E-state index is 12.3. The van der Waals surface area contributed by atoms with Crippen LogP contribution in [0.3, 0.4) is 0 Å². The zero-order valence-corrected chi connectivity index (χ0v) is 24.6. The summed E-state index contributed by atoms with van der Waals surface area (Å²) < 4.78 is 5.71. The number of halogens is 1. The van der Waals surface area contributed by atoms with E-state index in [-0.39, 0.29) is 28.7 Å². The van der Waals surface area contributed by atoms with Crippen LogP contribution in [-0.4, -0.2) is 97.2 Å². The van der Waals surface area contributed by atoms with E-state index in [0.29, 0.717) is 24.7 Å². The molecule has 3 heterocycles. The Bertz CT molecular complexity index is 1220. The third kappa shape index (κ3) is 6.99. The number of rotatable bonds is 9. The average molecular weight is 586 g/mol. The van der Waals surface area contributed by atoms with Crippen molar-refractivity contribution in [3.05, 3.63) is 34.0 Å². The Morgan fingerprint density at radius 3 is 2.37 bits per heavy atom. The summed E-state index contributed by atoms with van der Waals surface area (Å²) in [4.78, 5) is 39.4. The number of amides is 1. The van der Waals surface area contributed by atoms with E-state index in [1.54, 1.807) is 7.11 Å². The second kappa shape index (κ2) is 13.2. The summed E-state index contributed by atoms with van der Waals surface area (Å²) in [6.07, 6.45) is 5.14. The van der Waals surface area contributed by atoms with Crippen LogP contribution in [0.5, 0.6) is 5.75 Å². The van der Waals surface area contributed by atoms with Gasteiger partial charge in [0.25, 0.3) is 5.91 Å². The number of nitrogens with one attached hydrogen (secondary N) is 2. The molecule has 2 aromatic rings. The lowest BCUT2D eigenvalue weighted by atomic mass is 9.92. The molecule has 12 nitrogen and oxygen atoms in total. The molecule has 2 aliphatic heterocycles. The highest BCUT2D eigenvalue weighted by Crippen LogP contribution is 2.36. The molecule has 0 atom stereocenters. The van der Waals surface area contributed by atoms with Gasteiger partial charge >= 0.3 is 0 Å². The minimum atomic E-state index is -0.731. The first kappa shape index (κ1) is 29.3. The molecule has 1 aromatic carbocycles. The molecule has 2 saturated heterocycles. The predicted octanol–water partition coefficient (Wildman–Crippen LogP) is 3.69. The summed E-state index contributed by atoms with van der Waals surface area (Å²) in [7, 11) is 3.86. The lowest BCUT2D eigenvalue weighted by Gasteiger charge is -2.42. The Hall–Kier alpha value is -3.22. The first-order valence-corrected chi connectivity index (χ1v) is 14.8. The number of ether oxygens (including phenoxy) is 1. The largest absolute Gasteiger partial charge is 0.495 e. The second-order valence-electron chi connectivity index (χ2n) is 11.2. The van der Waals surface area contributed by atoms with E-state index in [9.17, 15) is 9.70 Å². The number of benzene rings is 1. The number of nitroso groups, excluding NO2 is 1. The Morgan fingerprint density at radius 2 is 1.73 bits per heavy atom. The van der Waals surface area contributed by atoms with Gasteiger partial charge in [0.1, 0.15) is 5.75 Å². The molecule has 5 rings (SSSR count). The van der Waals surface area contributed by atoms with Crippen LogP contribution < -0.4 is 26.0 Å². The zero-order valence-electron chi connectivity index (χ0n) is 23.8. The molecular weight excluding hydrogens is 546 g/mol. The van der Waals surface area contributed by atoms with E-state index >= 15 is 0 Å². The van der Waals surface area contributed by atoms with Crippen LogP contribution in [0.1, 0.15) is 49.0 Å². The summed E-state index contributed by atoms with van der Waals surface area (Å²) in [6.45, 7) is 6.36. The highest BCUT2D eigenvalue weighted by atomic mass is 35.5. The minimum Gasteiger partial charge on any atom is -0.495 e. The first-order valence-electron chi connectivity index (χ1n) is 14.4. The maximum atomic E-state index is 12.3. The summed E-state index contributed by atoms with van der Waals surface area (Å²) in [5.74, 6) is 0.637. The van der Waals surface area contributed by atoms with Crippen LogP contribution in [0.25, 0.3) is 0 Å². The van der Waals surface area contributed by atoms with Crippen molar-refractivity contribution in [1.82, 2.24) is 19.8 Å². The normalized spacial score (nSPS) is 22.8. The van der Waals surface area contributed by atoms with Gasteiger partial charge in [0.15, 0.2) is 22.5 Å². The molecule has 0 bridgehead atoms. The molecule has 13 heteroatoms. The molecule has 0 spiro atoms. The number of hydrogen-bond acceptors (Lipinski definition) is 11. The molecule has 0 unspecified atom stereocenters. The van der Waals surface area contributed by atoms with Gasteiger partial charge in [0.2, 0.25) is 0 Å². The van der Waals surface area contributed by atoms with Gasteiger partial charge in [-0.05, 0) is 63.8 Å². The molecule has 1 aromatic heterocycles. The van der Waals surface area contributed by atoms with E-state index in [2.05, 4.69) is 47.5 Å². The van der Waals surface area contributed by atoms with Gasteiger partial charge in [0, 0.05) is 57.0 Å². The highest BCUT2D eigenvalue weighted by Gasteiger charge is 2.28. The minimum absolute atomic E-state index is 0.0419. The number of piperidine rings is 1. The van der Waals surface area contributed by atoms with Crippen LogP contribution >= 0.6 is 11.6 Å². The van der Waals surface area contributed by atoms with Gasteiger partial charge in [-0.25, -0.2) is 9.97 Å². The SMILES string of the molecule is COc1ccc(Nc2nc(NC3CCC(N=O)CC3)c(Cl)nc2C(N)=O)cc1N1CCC(N2CCN(C)CC2)CC1. The first-order chi connectivity index (χ1) is 19.8. The topological polar surface area (TPSA) is 141 Å². The molecule has 1 amide bonds. The summed E-state index contributed by atoms with van der Waals surface area (Å²) in [5, 5.41) is 9.81. The van der Waals surface area contributed by atoms with Crippen LogP contribution in [-0.2, 0) is 0 Å². The van der Waals surface area contributed by atoms with Crippen molar-refractivity contribution in [2.75, 3.05) is 69.0 Å². The highest BCUT2D eigenvalue weighted by molar-refractivity contribution is 6.32. The smallest absolute Gasteiger partial charge is 0.271 e. The number of carbonyl (C=O) groups excluding carboxylic acids is 1. The number of hydrogen-bond donors (Lipinski definition) is 3. The summed E-state index contributed by atoms with van der Waals surface area (Å²) in [5.41, 5.74) is 7.31. The monoisotopic (exact) mass is 585 g/mol. The Kier molecular flexibility index (Phi) is 9.41. The molecule has 1 aliphatic carbocycles. The van der Waals surface area contributed by atoms with Gasteiger partial charge < -0.3 is 30.9 Å². The van der Waals surface area contributed by atoms with Crippen molar-refractivity contribution in [3.8, 4) is 5.75 Å². The number of primary amides is 1. The lowest BCUT2D eigenvalue weighted by molar-refractivity contribution is 0.0981. The second-order valence-corrected chi connectivity index (χ2v) is 11.6. The Morgan fingerprint density at radius 1 is 1.02 bits per heavy atom. The molecule has 4 N–H and O–H groups in total. The summed E-state index contributed by atoms with van der Waals surface area (Å²) >= 11 is 6.40. The molecule has 222 valence electrons. The number of likely N-dealkylation sites (N-methyl/N-ethyl adjacent to an activating group) is 1. The third-order valence-corrected chi connectivity index (χ3v) is 8.84. The zero-order chi connectivity index (χ0) is 28.9. The van der Waals surface area contributed by atoms with Gasteiger partial charge in [-0.1, -0.05) is 16.8 Å². The molecule has 3 aliphatic rings. The molecule has 41 heavy (non-hydrogen) atoms. The van der Waals surface area contributed by atoms with Gasteiger partial charge in [-0.3, -0.25) is 9.69 Å². The number of methoxy groups -OCH3 is 1. The van der Waals surface area contributed by atoms with Crippen molar-refractivity contribution in [1.29, 1.82) is 0 Å². The van der Waals surface area contributed by atoms with Crippen molar-refractivity contribution in [2.45, 2.75) is 56.7 Å². The van der Waals surface area contributed by atoms with E-state index < -0.39 is 5.91 Å². The number of carbonyl (C=O) groups is 1. The third-order valence-electron chi connectivity index (χ3n) is 8.57. The average Bonchev–Trinajstić information content (AvgIpc) is 2.99. The van der Waals surface area contributed by atoms with Gasteiger partial charge in [-0.15, -0.1) is 0 Å². The fraction of sp³-hybridized carbons (Fsp3) is 0.607. The van der Waals surface area contributed by atoms with Crippen molar-refractivity contribution in [2.24, 2.45) is 10.9 Å². The Labute approximate surface area is 245 Å². The van der Waals surface area contributed by atoms with Crippen LogP contribution in [0.15, 0.2) is 23.4 Å². The number of anilines is 4. The maximum Gasteiger partial charge on any atom is 0.271 e.